The van der Waals surface area contributed by atoms with Gasteiger partial charge in [0.05, 0.1) is 19.8 Å². The van der Waals surface area contributed by atoms with Crippen molar-refractivity contribution in [2.45, 2.75) is 13.5 Å². The van der Waals surface area contributed by atoms with Crippen LogP contribution in [0.3, 0.4) is 0 Å². The van der Waals surface area contributed by atoms with Gasteiger partial charge in [-0.1, -0.05) is 12.1 Å². The molecule has 0 bridgehead atoms. The first-order valence-electron chi connectivity index (χ1n) is 9.38. The molecule has 2 heterocycles. The van der Waals surface area contributed by atoms with Crippen molar-refractivity contribution in [1.82, 2.24) is 9.80 Å². The summed E-state index contributed by atoms with van der Waals surface area (Å²) in [6, 6.07) is 7.92. The van der Waals surface area contributed by atoms with Gasteiger partial charge in [-0.3, -0.25) is 4.79 Å². The minimum absolute atomic E-state index is 0.0266. The van der Waals surface area contributed by atoms with Gasteiger partial charge in [0.2, 0.25) is 0 Å². The van der Waals surface area contributed by atoms with Crippen LogP contribution in [0.5, 0.6) is 0 Å². The Morgan fingerprint density at radius 1 is 1.04 bits per heavy atom. The summed E-state index contributed by atoms with van der Waals surface area (Å²) in [7, 11) is 0. The van der Waals surface area contributed by atoms with E-state index >= 15 is 0 Å². The molecule has 2 aliphatic rings. The van der Waals surface area contributed by atoms with Gasteiger partial charge in [-0.15, -0.1) is 0 Å². The van der Waals surface area contributed by atoms with Crippen LogP contribution in [0.25, 0.3) is 0 Å². The summed E-state index contributed by atoms with van der Waals surface area (Å²) in [5.41, 5.74) is 1.95. The number of nitrogens with zero attached hydrogens (tertiary/aromatic N) is 2. The van der Waals surface area contributed by atoms with E-state index in [-0.39, 0.29) is 12.0 Å². The van der Waals surface area contributed by atoms with Gasteiger partial charge in [-0.25, -0.2) is 4.79 Å². The second kappa shape index (κ2) is 9.00. The van der Waals surface area contributed by atoms with Crippen molar-refractivity contribution in [3.63, 3.8) is 0 Å². The van der Waals surface area contributed by atoms with Crippen LogP contribution in [-0.4, -0.2) is 80.9 Å². The Morgan fingerprint density at radius 2 is 1.65 bits per heavy atom. The Morgan fingerprint density at radius 3 is 2.27 bits per heavy atom. The van der Waals surface area contributed by atoms with E-state index in [1.807, 2.05) is 24.3 Å². The van der Waals surface area contributed by atoms with Gasteiger partial charge >= 0.3 is 6.09 Å². The van der Waals surface area contributed by atoms with E-state index in [1.165, 1.54) is 10.5 Å². The second-order valence-electron chi connectivity index (χ2n) is 6.71. The Hall–Kier alpha value is -2.12. The molecule has 2 amide bonds. The molecule has 1 aromatic rings. The molecule has 0 radical (unpaired) electrons. The molecule has 3 rings (SSSR count). The van der Waals surface area contributed by atoms with E-state index in [2.05, 4.69) is 0 Å². The molecule has 0 saturated carbocycles. The lowest BCUT2D eigenvalue weighted by Gasteiger charge is -2.34. The van der Waals surface area contributed by atoms with Crippen molar-refractivity contribution in [1.29, 1.82) is 0 Å². The molecule has 7 nitrogen and oxygen atoms in total. The number of hydrogen-bond acceptors (Lipinski definition) is 4. The largest absolute Gasteiger partial charge is 0.450 e. The monoisotopic (exact) mass is 362 g/mol. The number of carbonyl (C=O) groups excluding carboxylic acids is 2. The summed E-state index contributed by atoms with van der Waals surface area (Å²) in [6.07, 6.45) is -0.297. The highest BCUT2D eigenvalue weighted by Gasteiger charge is 2.25. The van der Waals surface area contributed by atoms with E-state index in [4.69, 9.17) is 9.47 Å². The van der Waals surface area contributed by atoms with Crippen LogP contribution in [-0.2, 0) is 16.0 Å². The summed E-state index contributed by atoms with van der Waals surface area (Å²) in [6.45, 7) is 8.96. The van der Waals surface area contributed by atoms with E-state index < -0.39 is 0 Å². The molecule has 0 atom stereocenters. The summed E-state index contributed by atoms with van der Waals surface area (Å²) >= 11 is 0. The number of benzene rings is 1. The summed E-state index contributed by atoms with van der Waals surface area (Å²) < 4.78 is 10.4. The minimum Gasteiger partial charge on any atom is -0.450 e. The number of amides is 2. The third-order valence-electron chi connectivity index (χ3n) is 4.95. The first-order chi connectivity index (χ1) is 12.7. The average molecular weight is 362 g/mol. The molecule has 0 unspecified atom stereocenters. The number of nitrogens with one attached hydrogen (secondary N) is 1. The van der Waals surface area contributed by atoms with Crippen LogP contribution >= 0.6 is 0 Å². The van der Waals surface area contributed by atoms with Crippen LogP contribution in [0.15, 0.2) is 24.3 Å². The zero-order valence-corrected chi connectivity index (χ0v) is 15.4. The normalized spacial score (nSPS) is 18.7. The lowest BCUT2D eigenvalue weighted by molar-refractivity contribution is -0.921. The summed E-state index contributed by atoms with van der Waals surface area (Å²) in [5.74, 6) is 0.0266. The second-order valence-corrected chi connectivity index (χ2v) is 6.71. The molecule has 1 aromatic carbocycles. The van der Waals surface area contributed by atoms with E-state index in [9.17, 15) is 9.59 Å². The maximum absolute atomic E-state index is 12.7. The quantitative estimate of drug-likeness (QED) is 0.820. The zero-order chi connectivity index (χ0) is 18.4. The van der Waals surface area contributed by atoms with Gasteiger partial charge in [-0.05, 0) is 19.1 Å². The maximum Gasteiger partial charge on any atom is 0.409 e. The highest BCUT2D eigenvalue weighted by Crippen LogP contribution is 2.11. The van der Waals surface area contributed by atoms with Crippen molar-refractivity contribution >= 4 is 12.0 Å². The van der Waals surface area contributed by atoms with Crippen molar-refractivity contribution < 1.29 is 24.0 Å². The third kappa shape index (κ3) is 4.74. The van der Waals surface area contributed by atoms with Gasteiger partial charge in [-0.2, -0.15) is 0 Å². The van der Waals surface area contributed by atoms with Crippen molar-refractivity contribution in [3.8, 4) is 0 Å². The smallest absolute Gasteiger partial charge is 0.409 e. The van der Waals surface area contributed by atoms with Crippen molar-refractivity contribution in [3.05, 3.63) is 35.4 Å². The number of quaternary nitrogens is 1. The van der Waals surface area contributed by atoms with E-state index in [0.29, 0.717) is 38.3 Å². The van der Waals surface area contributed by atoms with Crippen LogP contribution in [0.4, 0.5) is 4.79 Å². The molecule has 142 valence electrons. The molecule has 26 heavy (non-hydrogen) atoms. The number of morpholine rings is 1. The summed E-state index contributed by atoms with van der Waals surface area (Å²) in [4.78, 5) is 29.4. The van der Waals surface area contributed by atoms with Gasteiger partial charge in [0.15, 0.2) is 0 Å². The Labute approximate surface area is 154 Å². The number of piperazine rings is 1. The fraction of sp³-hybridized carbons (Fsp3) is 0.579. The summed E-state index contributed by atoms with van der Waals surface area (Å²) in [5, 5.41) is 0. The maximum atomic E-state index is 12.7. The lowest BCUT2D eigenvalue weighted by Crippen LogP contribution is -3.12. The van der Waals surface area contributed by atoms with E-state index in [0.717, 1.165) is 32.8 Å². The molecule has 1 N–H and O–H groups in total. The predicted octanol–water partition coefficient (Wildman–Crippen LogP) is 0.0160. The fourth-order valence-electron chi connectivity index (χ4n) is 3.38. The number of ether oxygens (including phenoxy) is 2. The van der Waals surface area contributed by atoms with Crippen LogP contribution in [0.1, 0.15) is 22.8 Å². The first kappa shape index (κ1) is 18.7. The SMILES string of the molecule is CCOC(=O)N1CCN(C(=O)c2ccc(C[NH+]3CCOCC3)cc2)CC1. The molecule has 0 aromatic heterocycles. The lowest BCUT2D eigenvalue weighted by atomic mass is 10.1. The average Bonchev–Trinajstić information content (AvgIpc) is 2.69. The van der Waals surface area contributed by atoms with Crippen LogP contribution in [0.2, 0.25) is 0 Å². The van der Waals surface area contributed by atoms with Gasteiger partial charge < -0.3 is 24.2 Å². The molecular weight excluding hydrogens is 334 g/mol. The number of hydrogen-bond donors (Lipinski definition) is 1. The van der Waals surface area contributed by atoms with Crippen LogP contribution < -0.4 is 4.90 Å². The molecule has 2 saturated heterocycles. The van der Waals surface area contributed by atoms with Crippen molar-refractivity contribution in [2.75, 3.05) is 59.1 Å². The van der Waals surface area contributed by atoms with Crippen LogP contribution in [0, 0.1) is 0 Å². The fourth-order valence-corrected chi connectivity index (χ4v) is 3.38. The van der Waals surface area contributed by atoms with Gasteiger partial charge in [0, 0.05) is 37.3 Å². The Bertz CT molecular complexity index is 606. The zero-order valence-electron chi connectivity index (χ0n) is 15.4. The van der Waals surface area contributed by atoms with Gasteiger partial charge in [0.1, 0.15) is 19.6 Å². The predicted molar refractivity (Wildman–Crippen MR) is 96.2 cm³/mol. The van der Waals surface area contributed by atoms with Gasteiger partial charge in [0.25, 0.3) is 5.91 Å². The topological polar surface area (TPSA) is 63.5 Å². The minimum atomic E-state index is -0.297. The molecule has 0 spiro atoms. The Balaban J connectivity index is 1.51. The third-order valence-corrected chi connectivity index (χ3v) is 4.95. The number of carbonyl (C=O) groups is 2. The van der Waals surface area contributed by atoms with E-state index in [1.54, 1.807) is 16.7 Å². The number of rotatable bonds is 4. The highest BCUT2D eigenvalue weighted by molar-refractivity contribution is 5.94. The van der Waals surface area contributed by atoms with Crippen molar-refractivity contribution in [2.24, 2.45) is 0 Å². The highest BCUT2D eigenvalue weighted by atomic mass is 16.6. The Kier molecular flexibility index (Phi) is 6.46. The molecular formula is C19H28N3O4+. The standard InChI is InChI=1S/C19H27N3O4/c1-2-26-19(24)22-9-7-21(8-10-22)18(23)17-5-3-16(4-6-17)15-20-11-13-25-14-12-20/h3-6H,2,7-15H2,1H3/p+1. The molecule has 7 heteroatoms. The molecule has 2 fully saturated rings. The first-order valence-corrected chi connectivity index (χ1v) is 9.38. The molecule has 0 aliphatic carbocycles. The molecule has 2 aliphatic heterocycles.